The lowest BCUT2D eigenvalue weighted by molar-refractivity contribution is -0.140. The highest BCUT2D eigenvalue weighted by atomic mass is 32.2. The monoisotopic (exact) mass is 449 g/mol. The molecule has 0 saturated heterocycles. The molecular weight excluding hydrogens is 421 g/mol. The van der Waals surface area contributed by atoms with E-state index in [1.165, 1.54) is 49.2 Å². The molecule has 31 heavy (non-hydrogen) atoms. The topological polar surface area (TPSA) is 86.8 Å². The fourth-order valence-electron chi connectivity index (χ4n) is 2.97. The molecule has 0 aromatic heterocycles. The van der Waals surface area contributed by atoms with E-state index in [-0.39, 0.29) is 17.0 Å². The largest absolute Gasteiger partial charge is 0.355 e. The van der Waals surface area contributed by atoms with E-state index in [9.17, 15) is 22.4 Å². The molecule has 0 radical (unpaired) electrons. The molecule has 2 rings (SSSR count). The maximum absolute atomic E-state index is 14.2. The molecule has 0 aliphatic heterocycles. The number of hydrogen-bond donors (Lipinski definition) is 1. The van der Waals surface area contributed by atoms with Crippen molar-refractivity contribution in [2.24, 2.45) is 0 Å². The highest BCUT2D eigenvalue weighted by molar-refractivity contribution is 7.89. The molecule has 0 fully saturated rings. The number of rotatable bonds is 9. The molecule has 0 aliphatic rings. The number of nitrogens with one attached hydrogen (secondary N) is 1. The Morgan fingerprint density at radius 3 is 2.29 bits per heavy atom. The van der Waals surface area contributed by atoms with Crippen LogP contribution in [-0.2, 0) is 26.2 Å². The van der Waals surface area contributed by atoms with Gasteiger partial charge in [-0.3, -0.25) is 9.59 Å². The van der Waals surface area contributed by atoms with Crippen LogP contribution in [-0.4, -0.2) is 55.6 Å². The van der Waals surface area contributed by atoms with Crippen molar-refractivity contribution in [2.45, 2.75) is 38.3 Å². The Hall–Kier alpha value is -2.78. The number of hydrogen-bond acceptors (Lipinski definition) is 4. The number of sulfonamides is 1. The summed E-state index contributed by atoms with van der Waals surface area (Å²) in [4.78, 5) is 26.7. The minimum atomic E-state index is -3.91. The predicted molar refractivity (Wildman–Crippen MR) is 116 cm³/mol. The third kappa shape index (κ3) is 6.11. The van der Waals surface area contributed by atoms with Crippen LogP contribution in [0.15, 0.2) is 53.4 Å². The lowest BCUT2D eigenvalue weighted by Gasteiger charge is -2.30. The second-order valence-corrected chi connectivity index (χ2v) is 9.30. The summed E-state index contributed by atoms with van der Waals surface area (Å²) >= 11 is 0. The number of amides is 2. The average molecular weight is 450 g/mol. The van der Waals surface area contributed by atoms with Crippen LogP contribution < -0.4 is 5.32 Å². The van der Waals surface area contributed by atoms with Gasteiger partial charge in [-0.2, -0.15) is 4.31 Å². The van der Waals surface area contributed by atoms with E-state index < -0.39 is 40.2 Å². The third-order valence-corrected chi connectivity index (χ3v) is 6.72. The van der Waals surface area contributed by atoms with E-state index in [1.54, 1.807) is 25.1 Å². The van der Waals surface area contributed by atoms with Gasteiger partial charge in [0.1, 0.15) is 11.9 Å². The van der Waals surface area contributed by atoms with Crippen molar-refractivity contribution in [1.29, 1.82) is 0 Å². The van der Waals surface area contributed by atoms with Gasteiger partial charge in [-0.25, -0.2) is 12.8 Å². The van der Waals surface area contributed by atoms with E-state index in [0.717, 1.165) is 9.87 Å². The summed E-state index contributed by atoms with van der Waals surface area (Å²) in [5.74, 6) is -1.53. The predicted octanol–water partition coefficient (Wildman–Crippen LogP) is 2.31. The number of benzene rings is 2. The van der Waals surface area contributed by atoms with Crippen molar-refractivity contribution in [3.8, 4) is 0 Å². The zero-order valence-electron chi connectivity index (χ0n) is 18.1. The Kier molecular flexibility index (Phi) is 8.29. The maximum Gasteiger partial charge on any atom is 0.243 e. The molecule has 0 bridgehead atoms. The van der Waals surface area contributed by atoms with Crippen molar-refractivity contribution < 1.29 is 22.4 Å². The van der Waals surface area contributed by atoms with Crippen LogP contribution in [0.25, 0.3) is 0 Å². The Balaban J connectivity index is 2.28. The van der Waals surface area contributed by atoms with E-state index in [0.29, 0.717) is 6.54 Å². The number of nitrogens with zero attached hydrogens (tertiary/aromatic N) is 2. The highest BCUT2D eigenvalue weighted by Crippen LogP contribution is 2.17. The normalized spacial score (nSPS) is 12.5. The molecule has 168 valence electrons. The first kappa shape index (κ1) is 24.5. The number of likely N-dealkylation sites (N-methyl/N-ethyl adjacent to an activating group) is 2. The first-order valence-electron chi connectivity index (χ1n) is 9.91. The lowest BCUT2D eigenvalue weighted by Crippen LogP contribution is -2.50. The number of halogens is 1. The van der Waals surface area contributed by atoms with E-state index in [2.05, 4.69) is 5.32 Å². The third-order valence-electron chi connectivity index (χ3n) is 4.90. The molecule has 1 atom stereocenters. The lowest BCUT2D eigenvalue weighted by atomic mass is 10.1. The van der Waals surface area contributed by atoms with Crippen LogP contribution in [0.4, 0.5) is 4.39 Å². The van der Waals surface area contributed by atoms with E-state index >= 15 is 0 Å². The van der Waals surface area contributed by atoms with Crippen molar-refractivity contribution >= 4 is 21.8 Å². The van der Waals surface area contributed by atoms with E-state index in [1.807, 2.05) is 6.92 Å². The van der Waals surface area contributed by atoms with Gasteiger partial charge >= 0.3 is 0 Å². The van der Waals surface area contributed by atoms with Gasteiger partial charge in [0.2, 0.25) is 21.8 Å². The minimum Gasteiger partial charge on any atom is -0.355 e. The second-order valence-electron chi connectivity index (χ2n) is 7.26. The molecular formula is C22H28FN3O4S. The number of carbonyl (C=O) groups is 2. The summed E-state index contributed by atoms with van der Waals surface area (Å²) in [5, 5.41) is 2.64. The van der Waals surface area contributed by atoms with Crippen molar-refractivity contribution in [3.05, 3.63) is 65.5 Å². The molecule has 2 amide bonds. The Bertz CT molecular complexity index is 1030. The zero-order chi connectivity index (χ0) is 23.2. The smallest absolute Gasteiger partial charge is 0.243 e. The van der Waals surface area contributed by atoms with Gasteiger partial charge in [0.25, 0.3) is 0 Å². The Morgan fingerprint density at radius 1 is 1.10 bits per heavy atom. The quantitative estimate of drug-likeness (QED) is 0.637. The van der Waals surface area contributed by atoms with Crippen molar-refractivity contribution in [2.75, 3.05) is 20.1 Å². The van der Waals surface area contributed by atoms with Gasteiger partial charge in [-0.15, -0.1) is 0 Å². The minimum absolute atomic E-state index is 0.0610. The van der Waals surface area contributed by atoms with Crippen molar-refractivity contribution in [1.82, 2.24) is 14.5 Å². The van der Waals surface area contributed by atoms with Gasteiger partial charge in [0.05, 0.1) is 11.4 Å². The highest BCUT2D eigenvalue weighted by Gasteiger charge is 2.30. The van der Waals surface area contributed by atoms with Crippen LogP contribution in [0, 0.1) is 12.7 Å². The molecule has 0 aliphatic carbocycles. The standard InChI is InChI=1S/C22H28FN3O4S/c1-5-24-22(28)17(3)26(14-18-8-6-7-9-20(18)23)21(27)15-25(4)31(29,30)19-12-10-16(2)11-13-19/h6-13,17H,5,14-15H2,1-4H3,(H,24,28). The van der Waals surface area contributed by atoms with Crippen LogP contribution in [0.2, 0.25) is 0 Å². The van der Waals surface area contributed by atoms with Crippen LogP contribution in [0.5, 0.6) is 0 Å². The van der Waals surface area contributed by atoms with Crippen LogP contribution in [0.3, 0.4) is 0 Å². The summed E-state index contributed by atoms with van der Waals surface area (Å²) in [6.07, 6.45) is 0. The first-order valence-corrected chi connectivity index (χ1v) is 11.4. The summed E-state index contributed by atoms with van der Waals surface area (Å²) in [5.41, 5.74) is 1.14. The maximum atomic E-state index is 14.2. The fraction of sp³-hybridized carbons (Fsp3) is 0.364. The van der Waals surface area contributed by atoms with Crippen LogP contribution in [0.1, 0.15) is 25.0 Å². The molecule has 0 saturated carbocycles. The van der Waals surface area contributed by atoms with Gasteiger partial charge in [-0.05, 0) is 39.0 Å². The Morgan fingerprint density at radius 2 is 1.71 bits per heavy atom. The fourth-order valence-corrected chi connectivity index (χ4v) is 4.09. The summed E-state index contributed by atoms with van der Waals surface area (Å²) < 4.78 is 40.8. The summed E-state index contributed by atoms with van der Waals surface area (Å²) in [7, 11) is -2.61. The van der Waals surface area contributed by atoms with Gasteiger partial charge in [0.15, 0.2) is 0 Å². The molecule has 7 nitrogen and oxygen atoms in total. The molecule has 2 aromatic rings. The molecule has 0 heterocycles. The second kappa shape index (κ2) is 10.5. The van der Waals surface area contributed by atoms with Crippen LogP contribution >= 0.6 is 0 Å². The molecule has 1 N–H and O–H groups in total. The molecule has 9 heteroatoms. The molecule has 1 unspecified atom stereocenters. The summed E-state index contributed by atoms with van der Waals surface area (Å²) in [6, 6.07) is 11.3. The summed E-state index contributed by atoms with van der Waals surface area (Å²) in [6.45, 7) is 4.82. The Labute approximate surface area is 182 Å². The van der Waals surface area contributed by atoms with Gasteiger partial charge in [-0.1, -0.05) is 35.9 Å². The molecule has 2 aromatic carbocycles. The van der Waals surface area contributed by atoms with Gasteiger partial charge < -0.3 is 10.2 Å². The molecule has 0 spiro atoms. The number of aryl methyl sites for hydroxylation is 1. The number of carbonyl (C=O) groups excluding carboxylic acids is 2. The first-order chi connectivity index (χ1) is 14.6. The SMILES string of the molecule is CCNC(=O)C(C)N(Cc1ccccc1F)C(=O)CN(C)S(=O)(=O)c1ccc(C)cc1. The zero-order valence-corrected chi connectivity index (χ0v) is 18.9. The van der Waals surface area contributed by atoms with Crippen molar-refractivity contribution in [3.63, 3.8) is 0 Å². The van der Waals surface area contributed by atoms with E-state index in [4.69, 9.17) is 0 Å². The average Bonchev–Trinajstić information content (AvgIpc) is 2.73. The van der Waals surface area contributed by atoms with Gasteiger partial charge in [0, 0.05) is 25.7 Å².